The standard InChI is InChI=1S/C19H22F6N2O2/c1-29-15-10-11(18(20,21)22)9-12(19(23,24)25)16(15)17(28)26-13-5-4-6-14(13)27-7-2-3-8-27/h9-10,13-14H,2-8H2,1H3,(H,26,28)/t13-,14+/m0/s1. The molecule has 1 aliphatic heterocycles. The van der Waals surface area contributed by atoms with E-state index in [2.05, 4.69) is 10.2 Å². The zero-order valence-corrected chi connectivity index (χ0v) is 15.8. The molecule has 1 saturated carbocycles. The number of alkyl halides is 6. The highest BCUT2D eigenvalue weighted by molar-refractivity contribution is 5.99. The van der Waals surface area contributed by atoms with Crippen LogP contribution in [0.4, 0.5) is 26.3 Å². The van der Waals surface area contributed by atoms with E-state index in [1.165, 1.54) is 0 Å². The smallest absolute Gasteiger partial charge is 0.417 e. The molecule has 0 radical (unpaired) electrons. The topological polar surface area (TPSA) is 41.6 Å². The maximum absolute atomic E-state index is 13.5. The van der Waals surface area contributed by atoms with Crippen molar-refractivity contribution in [3.63, 3.8) is 0 Å². The van der Waals surface area contributed by atoms with Crippen molar-refractivity contribution in [2.45, 2.75) is 56.5 Å². The van der Waals surface area contributed by atoms with Crippen LogP contribution in [0.5, 0.6) is 5.75 Å². The van der Waals surface area contributed by atoms with E-state index in [9.17, 15) is 31.1 Å². The van der Waals surface area contributed by atoms with Crippen LogP contribution >= 0.6 is 0 Å². The van der Waals surface area contributed by atoms with Crippen LogP contribution in [0.25, 0.3) is 0 Å². The molecule has 1 heterocycles. The zero-order valence-electron chi connectivity index (χ0n) is 15.8. The quantitative estimate of drug-likeness (QED) is 0.725. The van der Waals surface area contributed by atoms with Crippen molar-refractivity contribution in [1.29, 1.82) is 0 Å². The van der Waals surface area contributed by atoms with Gasteiger partial charge in [-0.1, -0.05) is 0 Å². The predicted octanol–water partition coefficient (Wildman–Crippen LogP) is 4.48. The highest BCUT2D eigenvalue weighted by Crippen LogP contribution is 2.41. The van der Waals surface area contributed by atoms with Crippen LogP contribution in [-0.2, 0) is 12.4 Å². The summed E-state index contributed by atoms with van der Waals surface area (Å²) in [7, 11) is 0.940. The average molecular weight is 424 g/mol. The molecule has 2 aliphatic rings. The van der Waals surface area contributed by atoms with Gasteiger partial charge in [0, 0.05) is 12.1 Å². The molecule has 2 fully saturated rings. The fraction of sp³-hybridized carbons (Fsp3) is 0.632. The first kappa shape index (κ1) is 21.7. The number of likely N-dealkylation sites (tertiary alicyclic amines) is 1. The predicted molar refractivity (Wildman–Crippen MR) is 92.7 cm³/mol. The Morgan fingerprint density at radius 1 is 1.03 bits per heavy atom. The number of carbonyl (C=O) groups excluding carboxylic acids is 1. The first-order chi connectivity index (χ1) is 13.5. The van der Waals surface area contributed by atoms with Gasteiger partial charge >= 0.3 is 12.4 Å². The molecular weight excluding hydrogens is 402 g/mol. The van der Waals surface area contributed by atoms with Gasteiger partial charge in [0.05, 0.1) is 23.8 Å². The number of nitrogens with one attached hydrogen (secondary N) is 1. The van der Waals surface area contributed by atoms with Crippen LogP contribution in [0.2, 0.25) is 0 Å². The van der Waals surface area contributed by atoms with Gasteiger partial charge in [-0.15, -0.1) is 0 Å². The van der Waals surface area contributed by atoms with Gasteiger partial charge < -0.3 is 10.1 Å². The molecule has 1 aromatic rings. The largest absolute Gasteiger partial charge is 0.496 e. The normalized spacial score (nSPS) is 23.4. The van der Waals surface area contributed by atoms with Gasteiger partial charge in [0.1, 0.15) is 5.75 Å². The number of benzene rings is 1. The number of nitrogens with zero attached hydrogens (tertiary/aromatic N) is 1. The molecule has 1 aliphatic carbocycles. The number of hydrogen-bond acceptors (Lipinski definition) is 3. The van der Waals surface area contributed by atoms with E-state index in [-0.39, 0.29) is 18.2 Å². The summed E-state index contributed by atoms with van der Waals surface area (Å²) < 4.78 is 84.4. The summed E-state index contributed by atoms with van der Waals surface area (Å²) in [6.07, 6.45) is -5.84. The number of hydrogen-bond donors (Lipinski definition) is 1. The molecule has 0 aromatic heterocycles. The van der Waals surface area contributed by atoms with E-state index >= 15 is 0 Å². The lowest BCUT2D eigenvalue weighted by atomic mass is 10.00. The fourth-order valence-corrected chi connectivity index (χ4v) is 4.26. The van der Waals surface area contributed by atoms with Crippen LogP contribution in [0.15, 0.2) is 12.1 Å². The van der Waals surface area contributed by atoms with Crippen LogP contribution in [0.3, 0.4) is 0 Å². The summed E-state index contributed by atoms with van der Waals surface area (Å²) >= 11 is 0. The molecule has 1 saturated heterocycles. The summed E-state index contributed by atoms with van der Waals surface area (Å²) in [6.45, 7) is 1.74. The van der Waals surface area contributed by atoms with Gasteiger partial charge in [0.2, 0.25) is 0 Å². The van der Waals surface area contributed by atoms with E-state index < -0.39 is 40.7 Å². The fourth-order valence-electron chi connectivity index (χ4n) is 4.26. The molecular formula is C19H22F6N2O2. The van der Waals surface area contributed by atoms with Crippen molar-refractivity contribution < 1.29 is 35.9 Å². The third-order valence-corrected chi connectivity index (χ3v) is 5.59. The van der Waals surface area contributed by atoms with Crippen molar-refractivity contribution in [3.05, 3.63) is 28.8 Å². The minimum Gasteiger partial charge on any atom is -0.496 e. The number of carbonyl (C=O) groups is 1. The van der Waals surface area contributed by atoms with Gasteiger partial charge in [0.15, 0.2) is 0 Å². The molecule has 0 spiro atoms. The van der Waals surface area contributed by atoms with Crippen LogP contribution in [-0.4, -0.2) is 43.1 Å². The third-order valence-electron chi connectivity index (χ3n) is 5.59. The molecule has 29 heavy (non-hydrogen) atoms. The van der Waals surface area contributed by atoms with E-state index in [1.54, 1.807) is 0 Å². The Morgan fingerprint density at radius 2 is 1.69 bits per heavy atom. The Bertz CT molecular complexity index is 756. The summed E-state index contributed by atoms with van der Waals surface area (Å²) in [5, 5.41) is 2.63. The van der Waals surface area contributed by atoms with E-state index in [4.69, 9.17) is 4.74 Å². The Kier molecular flexibility index (Phi) is 6.03. The van der Waals surface area contributed by atoms with Gasteiger partial charge in [-0.3, -0.25) is 9.69 Å². The second kappa shape index (κ2) is 8.04. The molecule has 1 N–H and O–H groups in total. The number of methoxy groups -OCH3 is 1. The van der Waals surface area contributed by atoms with Crippen LogP contribution in [0.1, 0.15) is 53.6 Å². The molecule has 10 heteroatoms. The molecule has 1 amide bonds. The first-order valence-corrected chi connectivity index (χ1v) is 9.43. The van der Waals surface area contributed by atoms with E-state index in [1.807, 2.05) is 0 Å². The molecule has 3 rings (SSSR count). The summed E-state index contributed by atoms with van der Waals surface area (Å²) in [5.74, 6) is -1.82. The Hall–Kier alpha value is -1.97. The highest BCUT2D eigenvalue weighted by atomic mass is 19.4. The summed E-state index contributed by atoms with van der Waals surface area (Å²) in [5.41, 5.74) is -4.09. The van der Waals surface area contributed by atoms with Crippen molar-refractivity contribution >= 4 is 5.91 Å². The minimum atomic E-state index is -5.15. The number of halogens is 6. The van der Waals surface area contributed by atoms with Gasteiger partial charge in [-0.05, 0) is 57.3 Å². The van der Waals surface area contributed by atoms with E-state index in [0.717, 1.165) is 45.9 Å². The minimum absolute atomic E-state index is 0.0243. The lowest BCUT2D eigenvalue weighted by Gasteiger charge is -2.30. The summed E-state index contributed by atoms with van der Waals surface area (Å²) in [4.78, 5) is 15.0. The SMILES string of the molecule is COc1cc(C(F)(F)F)cc(C(F)(F)F)c1C(=O)N[C@H]1CCC[C@H]1N1CCCC1. The molecule has 162 valence electrons. The number of rotatable bonds is 4. The van der Waals surface area contributed by atoms with Gasteiger partial charge in [-0.2, -0.15) is 26.3 Å². The Morgan fingerprint density at radius 3 is 2.24 bits per heavy atom. The lowest BCUT2D eigenvalue weighted by molar-refractivity contribution is -0.143. The van der Waals surface area contributed by atoms with Crippen molar-refractivity contribution in [2.75, 3.05) is 20.2 Å². The molecule has 0 unspecified atom stereocenters. The summed E-state index contributed by atoms with van der Waals surface area (Å²) in [6, 6.07) is 0.0609. The van der Waals surface area contributed by atoms with Gasteiger partial charge in [0.25, 0.3) is 5.91 Å². The maximum Gasteiger partial charge on any atom is 0.417 e. The second-order valence-electron chi connectivity index (χ2n) is 7.42. The average Bonchev–Trinajstić information content (AvgIpc) is 3.30. The van der Waals surface area contributed by atoms with Crippen molar-refractivity contribution in [2.24, 2.45) is 0 Å². The Balaban J connectivity index is 1.94. The second-order valence-corrected chi connectivity index (χ2v) is 7.42. The molecule has 1 aromatic carbocycles. The van der Waals surface area contributed by atoms with Crippen LogP contribution in [0, 0.1) is 0 Å². The lowest BCUT2D eigenvalue weighted by Crippen LogP contribution is -2.48. The zero-order chi connectivity index (χ0) is 21.4. The first-order valence-electron chi connectivity index (χ1n) is 9.43. The van der Waals surface area contributed by atoms with Crippen molar-refractivity contribution in [1.82, 2.24) is 10.2 Å². The highest BCUT2D eigenvalue weighted by Gasteiger charge is 2.43. The number of ether oxygens (including phenoxy) is 1. The Labute approximate surface area is 164 Å². The van der Waals surface area contributed by atoms with Crippen molar-refractivity contribution in [3.8, 4) is 5.75 Å². The number of amides is 1. The van der Waals surface area contributed by atoms with Gasteiger partial charge in [-0.25, -0.2) is 0 Å². The molecule has 4 nitrogen and oxygen atoms in total. The molecule has 2 atom stereocenters. The monoisotopic (exact) mass is 424 g/mol. The third kappa shape index (κ3) is 4.62. The maximum atomic E-state index is 13.5. The van der Waals surface area contributed by atoms with Crippen LogP contribution < -0.4 is 10.1 Å². The van der Waals surface area contributed by atoms with E-state index in [0.29, 0.717) is 12.5 Å². The molecule has 0 bridgehead atoms.